The molecule has 0 spiro atoms. The zero-order valence-corrected chi connectivity index (χ0v) is 12.4. The van der Waals surface area contributed by atoms with Gasteiger partial charge in [-0.1, -0.05) is 54.6 Å². The van der Waals surface area contributed by atoms with Gasteiger partial charge in [0.05, 0.1) is 12.8 Å². The maximum atomic E-state index is 5.16. The normalized spacial score (nSPS) is 10.8. The predicted octanol–water partition coefficient (Wildman–Crippen LogP) is 4.93. The molecular formula is C20H17NO. The van der Waals surface area contributed by atoms with Gasteiger partial charge in [0, 0.05) is 11.8 Å². The molecule has 0 radical (unpaired) electrons. The van der Waals surface area contributed by atoms with Gasteiger partial charge in [0.15, 0.2) is 0 Å². The number of methoxy groups -OCH3 is 1. The predicted molar refractivity (Wildman–Crippen MR) is 91.6 cm³/mol. The number of pyridine rings is 1. The minimum Gasteiger partial charge on any atom is -0.497 e. The van der Waals surface area contributed by atoms with Gasteiger partial charge in [-0.25, -0.2) is 0 Å². The molecule has 0 fully saturated rings. The lowest BCUT2D eigenvalue weighted by Gasteiger charge is -2.02. The summed E-state index contributed by atoms with van der Waals surface area (Å²) >= 11 is 0. The van der Waals surface area contributed by atoms with Crippen molar-refractivity contribution in [1.82, 2.24) is 4.98 Å². The molecule has 2 aromatic carbocycles. The van der Waals surface area contributed by atoms with Crippen molar-refractivity contribution in [3.63, 3.8) is 0 Å². The molecule has 3 rings (SSSR count). The van der Waals surface area contributed by atoms with Crippen LogP contribution in [0.15, 0.2) is 72.9 Å². The number of aromatic nitrogens is 1. The Kier molecular flexibility index (Phi) is 4.30. The molecule has 3 aromatic rings. The molecule has 0 saturated carbocycles. The van der Waals surface area contributed by atoms with Gasteiger partial charge in [0.25, 0.3) is 0 Å². The van der Waals surface area contributed by atoms with E-state index in [0.29, 0.717) is 0 Å². The first-order chi connectivity index (χ1) is 10.8. The van der Waals surface area contributed by atoms with Crippen LogP contribution < -0.4 is 4.74 Å². The first-order valence-corrected chi connectivity index (χ1v) is 7.19. The van der Waals surface area contributed by atoms with Crippen LogP contribution in [0.3, 0.4) is 0 Å². The average Bonchev–Trinajstić information content (AvgIpc) is 2.61. The van der Waals surface area contributed by atoms with Crippen LogP contribution in [-0.4, -0.2) is 12.1 Å². The number of hydrogen-bond donors (Lipinski definition) is 0. The van der Waals surface area contributed by atoms with E-state index < -0.39 is 0 Å². The Balaban J connectivity index is 1.81. The molecule has 22 heavy (non-hydrogen) atoms. The van der Waals surface area contributed by atoms with Crippen LogP contribution in [0.25, 0.3) is 23.4 Å². The highest BCUT2D eigenvalue weighted by Gasteiger charge is 1.98. The molecule has 1 aromatic heterocycles. The highest BCUT2D eigenvalue weighted by Crippen LogP contribution is 2.19. The van der Waals surface area contributed by atoms with Gasteiger partial charge in [-0.15, -0.1) is 0 Å². The van der Waals surface area contributed by atoms with E-state index in [2.05, 4.69) is 35.3 Å². The van der Waals surface area contributed by atoms with Crippen molar-refractivity contribution in [3.8, 4) is 17.0 Å². The first kappa shape index (κ1) is 14.1. The molecule has 0 atom stereocenters. The Hall–Kier alpha value is -2.87. The lowest BCUT2D eigenvalue weighted by Crippen LogP contribution is -1.84. The fourth-order valence-electron chi connectivity index (χ4n) is 2.22. The SMILES string of the molecule is COc1ccc(C=Cc2ccnc(-c3ccccc3)c2)cc1. The lowest BCUT2D eigenvalue weighted by molar-refractivity contribution is 0.415. The van der Waals surface area contributed by atoms with Gasteiger partial charge in [-0.05, 0) is 35.4 Å². The third-order valence-electron chi connectivity index (χ3n) is 3.44. The van der Waals surface area contributed by atoms with Crippen molar-refractivity contribution >= 4 is 12.2 Å². The molecule has 2 nitrogen and oxygen atoms in total. The summed E-state index contributed by atoms with van der Waals surface area (Å²) in [6.07, 6.45) is 6.02. The Morgan fingerprint density at radius 1 is 0.818 bits per heavy atom. The molecule has 0 bridgehead atoms. The zero-order valence-electron chi connectivity index (χ0n) is 12.4. The largest absolute Gasteiger partial charge is 0.497 e. The Bertz CT molecular complexity index is 761. The van der Waals surface area contributed by atoms with Crippen LogP contribution in [0.1, 0.15) is 11.1 Å². The summed E-state index contributed by atoms with van der Waals surface area (Å²) in [5.41, 5.74) is 4.38. The fraction of sp³-hybridized carbons (Fsp3) is 0.0500. The van der Waals surface area contributed by atoms with Crippen molar-refractivity contribution < 1.29 is 4.74 Å². The molecule has 0 unspecified atom stereocenters. The summed E-state index contributed by atoms with van der Waals surface area (Å²) in [6, 6.07) is 22.3. The molecule has 0 aliphatic carbocycles. The molecule has 2 heteroatoms. The number of benzene rings is 2. The number of nitrogens with zero attached hydrogens (tertiary/aromatic N) is 1. The molecule has 0 N–H and O–H groups in total. The highest BCUT2D eigenvalue weighted by molar-refractivity contribution is 5.72. The van der Waals surface area contributed by atoms with Gasteiger partial charge in [-0.2, -0.15) is 0 Å². The van der Waals surface area contributed by atoms with Crippen molar-refractivity contribution in [2.45, 2.75) is 0 Å². The van der Waals surface area contributed by atoms with E-state index in [-0.39, 0.29) is 0 Å². The van der Waals surface area contributed by atoms with E-state index in [1.54, 1.807) is 7.11 Å². The van der Waals surface area contributed by atoms with Crippen LogP contribution in [-0.2, 0) is 0 Å². The van der Waals surface area contributed by atoms with Crippen LogP contribution in [0.2, 0.25) is 0 Å². The maximum Gasteiger partial charge on any atom is 0.118 e. The Morgan fingerprint density at radius 2 is 1.55 bits per heavy atom. The molecule has 1 heterocycles. The minimum absolute atomic E-state index is 0.868. The third kappa shape index (κ3) is 3.41. The summed E-state index contributed by atoms with van der Waals surface area (Å²) in [7, 11) is 1.67. The van der Waals surface area contributed by atoms with Gasteiger partial charge in [0.2, 0.25) is 0 Å². The van der Waals surface area contributed by atoms with Crippen molar-refractivity contribution in [1.29, 1.82) is 0 Å². The van der Waals surface area contributed by atoms with E-state index in [9.17, 15) is 0 Å². The van der Waals surface area contributed by atoms with E-state index >= 15 is 0 Å². The first-order valence-electron chi connectivity index (χ1n) is 7.19. The Labute approximate surface area is 130 Å². The van der Waals surface area contributed by atoms with Crippen LogP contribution in [0, 0.1) is 0 Å². The van der Waals surface area contributed by atoms with Gasteiger partial charge in [0.1, 0.15) is 5.75 Å². The Morgan fingerprint density at radius 3 is 2.27 bits per heavy atom. The average molecular weight is 287 g/mol. The fourth-order valence-corrected chi connectivity index (χ4v) is 2.22. The quantitative estimate of drug-likeness (QED) is 0.679. The number of rotatable bonds is 4. The molecular weight excluding hydrogens is 270 g/mol. The summed E-state index contributed by atoms with van der Waals surface area (Å²) in [5, 5.41) is 0. The zero-order chi connectivity index (χ0) is 15.2. The van der Waals surface area contributed by atoms with Gasteiger partial charge < -0.3 is 4.74 Å². The summed E-state index contributed by atoms with van der Waals surface area (Å²) in [5.74, 6) is 0.868. The van der Waals surface area contributed by atoms with Crippen LogP contribution >= 0.6 is 0 Å². The molecule has 0 aliphatic heterocycles. The van der Waals surface area contributed by atoms with E-state index in [1.807, 2.05) is 54.7 Å². The number of hydrogen-bond acceptors (Lipinski definition) is 2. The van der Waals surface area contributed by atoms with Crippen molar-refractivity contribution in [2.75, 3.05) is 7.11 Å². The highest BCUT2D eigenvalue weighted by atomic mass is 16.5. The lowest BCUT2D eigenvalue weighted by atomic mass is 10.1. The summed E-state index contributed by atoms with van der Waals surface area (Å²) in [4.78, 5) is 4.44. The van der Waals surface area contributed by atoms with Gasteiger partial charge >= 0.3 is 0 Å². The summed E-state index contributed by atoms with van der Waals surface area (Å²) in [6.45, 7) is 0. The second-order valence-corrected chi connectivity index (χ2v) is 4.95. The molecule has 0 amide bonds. The standard InChI is InChI=1S/C20H17NO/c1-22-19-11-9-16(10-12-19)7-8-17-13-14-21-20(15-17)18-5-3-2-4-6-18/h2-15H,1H3. The van der Waals surface area contributed by atoms with Crippen LogP contribution in [0.4, 0.5) is 0 Å². The van der Waals surface area contributed by atoms with Crippen molar-refractivity contribution in [3.05, 3.63) is 84.1 Å². The topological polar surface area (TPSA) is 22.1 Å². The molecule has 108 valence electrons. The van der Waals surface area contributed by atoms with Gasteiger partial charge in [-0.3, -0.25) is 4.98 Å². The van der Waals surface area contributed by atoms with E-state index in [4.69, 9.17) is 4.74 Å². The maximum absolute atomic E-state index is 5.16. The number of ether oxygens (including phenoxy) is 1. The third-order valence-corrected chi connectivity index (χ3v) is 3.44. The second kappa shape index (κ2) is 6.72. The van der Waals surface area contributed by atoms with E-state index in [1.165, 1.54) is 0 Å². The smallest absolute Gasteiger partial charge is 0.118 e. The second-order valence-electron chi connectivity index (χ2n) is 4.95. The van der Waals surface area contributed by atoms with Crippen molar-refractivity contribution in [2.24, 2.45) is 0 Å². The monoisotopic (exact) mass is 287 g/mol. The van der Waals surface area contributed by atoms with E-state index in [0.717, 1.165) is 28.1 Å². The minimum atomic E-state index is 0.868. The molecule has 0 saturated heterocycles. The summed E-state index contributed by atoms with van der Waals surface area (Å²) < 4.78 is 5.16. The van der Waals surface area contributed by atoms with Crippen LogP contribution in [0.5, 0.6) is 5.75 Å². The molecule has 0 aliphatic rings.